The number of phenolic OH excluding ortho intramolecular Hbond substituents is 1. The van der Waals surface area contributed by atoms with Crippen LogP contribution in [0.2, 0.25) is 0 Å². The molecule has 3 aromatic carbocycles. The summed E-state index contributed by atoms with van der Waals surface area (Å²) in [5.74, 6) is 0.0810. The summed E-state index contributed by atoms with van der Waals surface area (Å²) in [7, 11) is 0. The van der Waals surface area contributed by atoms with Gasteiger partial charge in [0.05, 0.1) is 6.04 Å². The fraction of sp³-hybridized carbons (Fsp3) is 0.154. The van der Waals surface area contributed by atoms with Crippen molar-refractivity contribution < 1.29 is 9.90 Å². The first kappa shape index (κ1) is 20.4. The van der Waals surface area contributed by atoms with Crippen molar-refractivity contribution in [1.29, 1.82) is 0 Å². The molecule has 32 heavy (non-hydrogen) atoms. The van der Waals surface area contributed by atoms with Crippen molar-refractivity contribution in [2.75, 3.05) is 12.8 Å². The van der Waals surface area contributed by atoms with Crippen molar-refractivity contribution >= 4 is 17.7 Å². The van der Waals surface area contributed by atoms with Crippen LogP contribution in [-0.4, -0.2) is 38.9 Å². The molecule has 0 spiro atoms. The average molecular weight is 442 g/mol. The van der Waals surface area contributed by atoms with E-state index in [1.807, 2.05) is 41.5 Å². The lowest BCUT2D eigenvalue weighted by molar-refractivity contribution is 0.0746. The Morgan fingerprint density at radius 2 is 1.72 bits per heavy atom. The maximum Gasteiger partial charge on any atom is 0.273 e. The van der Waals surface area contributed by atoms with Gasteiger partial charge in [0.15, 0.2) is 0 Å². The van der Waals surface area contributed by atoms with Gasteiger partial charge in [0.2, 0.25) is 0 Å². The highest BCUT2D eigenvalue weighted by Gasteiger charge is 2.42. The number of amides is 1. The molecule has 5 nitrogen and oxygen atoms in total. The number of carbonyl (C=O) groups excluding carboxylic acids is 1. The lowest BCUT2D eigenvalue weighted by atomic mass is 9.95. The molecule has 0 aliphatic carbocycles. The van der Waals surface area contributed by atoms with Crippen molar-refractivity contribution in [3.8, 4) is 17.0 Å². The first-order valence-corrected chi connectivity index (χ1v) is 11.8. The third-order valence-electron chi connectivity index (χ3n) is 5.94. The predicted molar refractivity (Wildman–Crippen MR) is 127 cm³/mol. The molecule has 0 saturated heterocycles. The van der Waals surface area contributed by atoms with Gasteiger partial charge in [0.25, 0.3) is 5.91 Å². The molecule has 0 saturated carbocycles. The smallest absolute Gasteiger partial charge is 0.273 e. The van der Waals surface area contributed by atoms with Gasteiger partial charge in [-0.05, 0) is 48.1 Å². The van der Waals surface area contributed by atoms with Crippen LogP contribution < -0.4 is 0 Å². The zero-order valence-electron chi connectivity index (χ0n) is 17.7. The number of nitrogens with zero attached hydrogens (tertiary/aromatic N) is 2. The lowest BCUT2D eigenvalue weighted by Gasteiger charge is -2.26. The predicted octanol–water partition coefficient (Wildman–Crippen LogP) is 5.29. The second-order valence-electron chi connectivity index (χ2n) is 7.79. The van der Waals surface area contributed by atoms with E-state index in [1.54, 1.807) is 23.9 Å². The first-order chi connectivity index (χ1) is 15.7. The number of hydrogen-bond donors (Lipinski definition) is 2. The molecule has 1 aliphatic rings. The Bertz CT molecular complexity index is 1250. The number of rotatable bonds is 6. The molecular formula is C26H23N3O2S. The molecule has 1 amide bonds. The van der Waals surface area contributed by atoms with Gasteiger partial charge in [0.1, 0.15) is 17.1 Å². The maximum atomic E-state index is 13.4. The Balaban J connectivity index is 1.59. The Labute approximate surface area is 191 Å². The summed E-state index contributed by atoms with van der Waals surface area (Å²) in [5.41, 5.74) is 4.77. The van der Waals surface area contributed by atoms with Gasteiger partial charge in [-0.1, -0.05) is 54.6 Å². The molecule has 2 heterocycles. The second-order valence-corrected chi connectivity index (χ2v) is 8.67. The van der Waals surface area contributed by atoms with Gasteiger partial charge in [-0.25, -0.2) is 0 Å². The zero-order valence-corrected chi connectivity index (χ0v) is 18.5. The number of fused-ring (bicyclic) bond motifs is 1. The van der Waals surface area contributed by atoms with Gasteiger partial charge >= 0.3 is 0 Å². The Morgan fingerprint density at radius 1 is 1.00 bits per heavy atom. The highest BCUT2D eigenvalue weighted by molar-refractivity contribution is 7.98. The molecule has 1 atom stereocenters. The van der Waals surface area contributed by atoms with Gasteiger partial charge in [-0.15, -0.1) is 11.8 Å². The monoisotopic (exact) mass is 441 g/mol. The summed E-state index contributed by atoms with van der Waals surface area (Å²) >= 11 is 1.69. The SMILES string of the molecule is CSc1ccc(C2c3c(-c4ccccc4O)n[nH]c3C(=O)N2CCc2ccccc2)cc1. The number of aromatic amines is 1. The molecule has 0 radical (unpaired) electrons. The molecule has 6 heteroatoms. The van der Waals surface area contributed by atoms with E-state index in [2.05, 4.69) is 46.6 Å². The van der Waals surface area contributed by atoms with Crippen LogP contribution in [0, 0.1) is 0 Å². The normalized spacial score (nSPS) is 15.2. The van der Waals surface area contributed by atoms with Crippen LogP contribution in [0.15, 0.2) is 83.8 Å². The van der Waals surface area contributed by atoms with E-state index in [-0.39, 0.29) is 17.7 Å². The summed E-state index contributed by atoms with van der Waals surface area (Å²) in [5, 5.41) is 17.9. The van der Waals surface area contributed by atoms with E-state index in [0.717, 1.165) is 17.5 Å². The number of thioether (sulfide) groups is 1. The number of aromatic hydroxyl groups is 1. The Morgan fingerprint density at radius 3 is 2.44 bits per heavy atom. The van der Waals surface area contributed by atoms with Crippen LogP contribution in [0.4, 0.5) is 0 Å². The number of benzene rings is 3. The fourth-order valence-corrected chi connectivity index (χ4v) is 4.74. The standard InChI is InChI=1S/C26H23N3O2S/c1-32-19-13-11-18(12-14-19)25-22-23(20-9-5-6-10-21(20)30)27-28-24(22)26(31)29(25)16-15-17-7-3-2-4-8-17/h2-14,25,30H,15-16H2,1H3,(H,27,28). The minimum atomic E-state index is -0.273. The van der Waals surface area contributed by atoms with E-state index in [4.69, 9.17) is 0 Å². The second kappa shape index (κ2) is 8.55. The highest BCUT2D eigenvalue weighted by atomic mass is 32.2. The van der Waals surface area contributed by atoms with Gasteiger partial charge < -0.3 is 10.0 Å². The molecule has 0 bridgehead atoms. The number of para-hydroxylation sites is 1. The molecule has 2 N–H and O–H groups in total. The van der Waals surface area contributed by atoms with E-state index in [1.165, 1.54) is 10.5 Å². The van der Waals surface area contributed by atoms with E-state index in [9.17, 15) is 9.90 Å². The number of nitrogens with one attached hydrogen (secondary N) is 1. The topological polar surface area (TPSA) is 69.2 Å². The number of aromatic nitrogens is 2. The van der Waals surface area contributed by atoms with E-state index < -0.39 is 0 Å². The minimum Gasteiger partial charge on any atom is -0.507 e. The summed E-state index contributed by atoms with van der Waals surface area (Å²) in [6.45, 7) is 0.584. The molecule has 4 aromatic rings. The van der Waals surface area contributed by atoms with Gasteiger partial charge in [-0.3, -0.25) is 9.89 Å². The maximum absolute atomic E-state index is 13.4. The van der Waals surface area contributed by atoms with Crippen LogP contribution in [-0.2, 0) is 6.42 Å². The van der Waals surface area contributed by atoms with Crippen LogP contribution in [0.1, 0.15) is 33.2 Å². The average Bonchev–Trinajstić information content (AvgIpc) is 3.37. The molecule has 1 aromatic heterocycles. The van der Waals surface area contributed by atoms with Gasteiger partial charge in [-0.2, -0.15) is 5.10 Å². The lowest BCUT2D eigenvalue weighted by Crippen LogP contribution is -2.31. The largest absolute Gasteiger partial charge is 0.507 e. The minimum absolute atomic E-state index is 0.0657. The highest BCUT2D eigenvalue weighted by Crippen LogP contribution is 2.44. The summed E-state index contributed by atoms with van der Waals surface area (Å²) in [4.78, 5) is 16.5. The van der Waals surface area contributed by atoms with Crippen LogP contribution in [0.25, 0.3) is 11.3 Å². The zero-order chi connectivity index (χ0) is 22.1. The van der Waals surface area contributed by atoms with Crippen molar-refractivity contribution in [2.24, 2.45) is 0 Å². The third kappa shape index (κ3) is 3.56. The van der Waals surface area contributed by atoms with Crippen LogP contribution in [0.5, 0.6) is 5.75 Å². The third-order valence-corrected chi connectivity index (χ3v) is 6.68. The first-order valence-electron chi connectivity index (χ1n) is 10.5. The summed E-state index contributed by atoms with van der Waals surface area (Å²) in [6.07, 6.45) is 2.81. The Hall–Kier alpha value is -3.51. The van der Waals surface area contributed by atoms with Crippen molar-refractivity contribution in [3.05, 3.63) is 101 Å². The Kier molecular flexibility index (Phi) is 5.45. The number of hydrogen-bond acceptors (Lipinski definition) is 4. The molecule has 1 unspecified atom stereocenters. The molecule has 0 fully saturated rings. The number of phenols is 1. The summed E-state index contributed by atoms with van der Waals surface area (Å²) < 4.78 is 0. The molecule has 5 rings (SSSR count). The molecule has 160 valence electrons. The fourth-order valence-electron chi connectivity index (χ4n) is 4.33. The van der Waals surface area contributed by atoms with Crippen molar-refractivity contribution in [2.45, 2.75) is 17.4 Å². The van der Waals surface area contributed by atoms with Crippen LogP contribution in [0.3, 0.4) is 0 Å². The van der Waals surface area contributed by atoms with Crippen molar-refractivity contribution in [3.63, 3.8) is 0 Å². The summed E-state index contributed by atoms with van der Waals surface area (Å²) in [6, 6.07) is 25.4. The molecule has 1 aliphatic heterocycles. The van der Waals surface area contributed by atoms with E-state index in [0.29, 0.717) is 23.5 Å². The quantitative estimate of drug-likeness (QED) is 0.399. The number of carbonyl (C=O) groups is 1. The van der Waals surface area contributed by atoms with E-state index >= 15 is 0 Å². The number of H-pyrrole nitrogens is 1. The van der Waals surface area contributed by atoms with Crippen LogP contribution >= 0.6 is 11.8 Å². The van der Waals surface area contributed by atoms with Crippen molar-refractivity contribution in [1.82, 2.24) is 15.1 Å². The molecular weight excluding hydrogens is 418 g/mol. The van der Waals surface area contributed by atoms with Gasteiger partial charge in [0, 0.05) is 22.6 Å².